The van der Waals surface area contributed by atoms with Crippen molar-refractivity contribution in [2.45, 2.75) is 32.4 Å². The molecule has 1 aromatic carbocycles. The summed E-state index contributed by atoms with van der Waals surface area (Å²) >= 11 is 0. The Labute approximate surface area is 128 Å². The summed E-state index contributed by atoms with van der Waals surface area (Å²) in [5, 5.41) is 14.6. The first-order valence-electron chi connectivity index (χ1n) is 7.32. The van der Waals surface area contributed by atoms with E-state index < -0.39 is 4.92 Å². The minimum Gasteiger partial charge on any atom is -0.338 e. The van der Waals surface area contributed by atoms with Crippen molar-refractivity contribution in [1.82, 2.24) is 15.0 Å². The lowest BCUT2D eigenvalue weighted by atomic mass is 10.2. The van der Waals surface area contributed by atoms with Crippen molar-refractivity contribution >= 4 is 5.69 Å². The number of aromatic nitrogens is 2. The fraction of sp³-hybridized carbons (Fsp3) is 0.467. The van der Waals surface area contributed by atoms with Gasteiger partial charge in [0.05, 0.1) is 11.5 Å². The third-order valence-corrected chi connectivity index (χ3v) is 4.19. The summed E-state index contributed by atoms with van der Waals surface area (Å²) in [6.45, 7) is 2.82. The number of nitro groups is 1. The molecule has 3 rings (SSSR count). The van der Waals surface area contributed by atoms with E-state index in [1.54, 1.807) is 12.1 Å². The van der Waals surface area contributed by atoms with Crippen molar-refractivity contribution in [1.29, 1.82) is 0 Å². The highest BCUT2D eigenvalue weighted by atomic mass is 16.6. The van der Waals surface area contributed by atoms with Crippen molar-refractivity contribution in [2.75, 3.05) is 7.05 Å². The van der Waals surface area contributed by atoms with Crippen LogP contribution in [0, 0.1) is 16.0 Å². The van der Waals surface area contributed by atoms with E-state index in [-0.39, 0.29) is 5.69 Å². The zero-order valence-corrected chi connectivity index (χ0v) is 12.6. The standard InChI is InChI=1S/C15H18N4O3/c1-10(11-3-4-11)18(2)9-14-16-15(17-22-14)12-5-7-13(8-6-12)19(20)21/h5-8,10-11H,3-4,9H2,1-2H3. The Kier molecular flexibility index (Phi) is 3.89. The molecule has 22 heavy (non-hydrogen) atoms. The first-order chi connectivity index (χ1) is 10.5. The molecule has 0 spiro atoms. The highest BCUT2D eigenvalue weighted by molar-refractivity contribution is 5.56. The predicted molar refractivity (Wildman–Crippen MR) is 80.0 cm³/mol. The lowest BCUT2D eigenvalue weighted by molar-refractivity contribution is -0.384. The molecule has 0 amide bonds. The second kappa shape index (κ2) is 5.84. The molecule has 0 saturated heterocycles. The van der Waals surface area contributed by atoms with E-state index in [2.05, 4.69) is 29.0 Å². The molecule has 1 aliphatic rings. The van der Waals surface area contributed by atoms with E-state index in [1.807, 2.05) is 0 Å². The minimum atomic E-state index is -0.431. The minimum absolute atomic E-state index is 0.0467. The van der Waals surface area contributed by atoms with Crippen molar-refractivity contribution in [3.63, 3.8) is 0 Å². The van der Waals surface area contributed by atoms with E-state index in [0.29, 0.717) is 29.9 Å². The number of hydrogen-bond donors (Lipinski definition) is 0. The van der Waals surface area contributed by atoms with Gasteiger partial charge in [-0.1, -0.05) is 5.16 Å². The van der Waals surface area contributed by atoms with Gasteiger partial charge < -0.3 is 4.52 Å². The molecule has 1 saturated carbocycles. The van der Waals surface area contributed by atoms with Crippen LogP contribution in [0.3, 0.4) is 0 Å². The summed E-state index contributed by atoms with van der Waals surface area (Å²) in [6.07, 6.45) is 2.59. The molecule has 1 unspecified atom stereocenters. The average molecular weight is 302 g/mol. The molecule has 0 N–H and O–H groups in total. The summed E-state index contributed by atoms with van der Waals surface area (Å²) in [6, 6.07) is 6.64. The van der Waals surface area contributed by atoms with Gasteiger partial charge in [-0.2, -0.15) is 4.98 Å². The van der Waals surface area contributed by atoms with Gasteiger partial charge in [-0.3, -0.25) is 15.0 Å². The summed E-state index contributed by atoms with van der Waals surface area (Å²) in [5.74, 6) is 1.79. The Morgan fingerprint density at radius 3 is 2.68 bits per heavy atom. The van der Waals surface area contributed by atoms with Gasteiger partial charge in [0, 0.05) is 23.7 Å². The van der Waals surface area contributed by atoms with Gasteiger partial charge >= 0.3 is 0 Å². The van der Waals surface area contributed by atoms with Crippen molar-refractivity contribution in [2.24, 2.45) is 5.92 Å². The first kappa shape index (κ1) is 14.6. The number of benzene rings is 1. The second-order valence-electron chi connectivity index (χ2n) is 5.81. The molecule has 7 nitrogen and oxygen atoms in total. The Morgan fingerprint density at radius 1 is 1.41 bits per heavy atom. The summed E-state index contributed by atoms with van der Waals surface area (Å²) in [5.41, 5.74) is 0.754. The second-order valence-corrected chi connectivity index (χ2v) is 5.81. The van der Waals surface area contributed by atoms with Crippen LogP contribution in [0.15, 0.2) is 28.8 Å². The molecule has 0 aliphatic heterocycles. The van der Waals surface area contributed by atoms with Gasteiger partial charge in [-0.05, 0) is 44.9 Å². The van der Waals surface area contributed by atoms with Gasteiger partial charge in [0.25, 0.3) is 5.69 Å². The molecule has 1 aliphatic carbocycles. The Hall–Kier alpha value is -2.28. The van der Waals surface area contributed by atoms with E-state index in [9.17, 15) is 10.1 Å². The summed E-state index contributed by atoms with van der Waals surface area (Å²) in [7, 11) is 2.05. The highest BCUT2D eigenvalue weighted by Gasteiger charge is 2.31. The van der Waals surface area contributed by atoms with Crippen LogP contribution in [0.4, 0.5) is 5.69 Å². The molecule has 0 bridgehead atoms. The number of rotatable bonds is 6. The molecule has 1 atom stereocenters. The molecule has 0 radical (unpaired) electrons. The molecular formula is C15H18N4O3. The summed E-state index contributed by atoms with van der Waals surface area (Å²) < 4.78 is 5.28. The maximum absolute atomic E-state index is 10.6. The molecular weight excluding hydrogens is 284 g/mol. The third-order valence-electron chi connectivity index (χ3n) is 4.19. The zero-order valence-electron chi connectivity index (χ0n) is 12.6. The van der Waals surface area contributed by atoms with Gasteiger partial charge in [-0.25, -0.2) is 0 Å². The number of nitrogens with zero attached hydrogens (tertiary/aromatic N) is 4. The molecule has 2 aromatic rings. The van der Waals surface area contributed by atoms with Gasteiger partial charge in [0.2, 0.25) is 11.7 Å². The van der Waals surface area contributed by atoms with Crippen molar-refractivity contribution in [3.8, 4) is 11.4 Å². The van der Waals surface area contributed by atoms with Crippen LogP contribution >= 0.6 is 0 Å². The van der Waals surface area contributed by atoms with Crippen LogP contribution in [0.2, 0.25) is 0 Å². The van der Waals surface area contributed by atoms with Crippen LogP contribution in [-0.2, 0) is 6.54 Å². The Balaban J connectivity index is 1.68. The highest BCUT2D eigenvalue weighted by Crippen LogP contribution is 2.35. The van der Waals surface area contributed by atoms with E-state index in [0.717, 1.165) is 5.92 Å². The SMILES string of the molecule is CC(C1CC1)N(C)Cc1nc(-c2ccc([N+](=O)[O-])cc2)no1. The van der Waals surface area contributed by atoms with Crippen LogP contribution < -0.4 is 0 Å². The van der Waals surface area contributed by atoms with Crippen molar-refractivity contribution < 1.29 is 9.45 Å². The maximum atomic E-state index is 10.6. The quantitative estimate of drug-likeness (QED) is 0.602. The van der Waals surface area contributed by atoms with Gasteiger partial charge in [0.15, 0.2) is 0 Å². The fourth-order valence-corrected chi connectivity index (χ4v) is 2.46. The molecule has 116 valence electrons. The topological polar surface area (TPSA) is 85.3 Å². The lowest BCUT2D eigenvalue weighted by Crippen LogP contribution is -2.30. The van der Waals surface area contributed by atoms with E-state index in [4.69, 9.17) is 4.52 Å². The normalized spacial score (nSPS) is 16.0. The van der Waals surface area contributed by atoms with E-state index in [1.165, 1.54) is 25.0 Å². The Morgan fingerprint density at radius 2 is 2.09 bits per heavy atom. The number of non-ortho nitro benzene ring substituents is 1. The summed E-state index contributed by atoms with van der Waals surface area (Å²) in [4.78, 5) is 16.8. The van der Waals surface area contributed by atoms with E-state index >= 15 is 0 Å². The third kappa shape index (κ3) is 3.14. The smallest absolute Gasteiger partial charge is 0.269 e. The van der Waals surface area contributed by atoms with Crippen LogP contribution in [0.25, 0.3) is 11.4 Å². The van der Waals surface area contributed by atoms with Gasteiger partial charge in [-0.15, -0.1) is 0 Å². The van der Waals surface area contributed by atoms with Crippen molar-refractivity contribution in [3.05, 3.63) is 40.3 Å². The van der Waals surface area contributed by atoms with Crippen LogP contribution in [-0.4, -0.2) is 33.1 Å². The molecule has 1 aromatic heterocycles. The monoisotopic (exact) mass is 302 g/mol. The first-order valence-corrected chi connectivity index (χ1v) is 7.32. The lowest BCUT2D eigenvalue weighted by Gasteiger charge is -2.22. The van der Waals surface area contributed by atoms with Crippen LogP contribution in [0.5, 0.6) is 0 Å². The Bertz CT molecular complexity index is 664. The maximum Gasteiger partial charge on any atom is 0.269 e. The van der Waals surface area contributed by atoms with Gasteiger partial charge in [0.1, 0.15) is 0 Å². The molecule has 7 heteroatoms. The largest absolute Gasteiger partial charge is 0.338 e. The predicted octanol–water partition coefficient (Wildman–Crippen LogP) is 2.88. The van der Waals surface area contributed by atoms with Crippen LogP contribution in [0.1, 0.15) is 25.7 Å². The fourth-order valence-electron chi connectivity index (χ4n) is 2.46. The average Bonchev–Trinajstić information content (AvgIpc) is 3.26. The number of nitro benzene ring substituents is 1. The molecule has 1 heterocycles. The molecule has 1 fully saturated rings. The number of hydrogen-bond acceptors (Lipinski definition) is 6. The zero-order chi connectivity index (χ0) is 15.7.